The quantitative estimate of drug-likeness (QED) is 0.638. The first-order valence-electron chi connectivity index (χ1n) is 5.87. The van der Waals surface area contributed by atoms with Crippen molar-refractivity contribution in [1.29, 1.82) is 0 Å². The van der Waals surface area contributed by atoms with E-state index < -0.39 is 10.0 Å². The van der Waals surface area contributed by atoms with Crippen molar-refractivity contribution in [2.75, 3.05) is 18.8 Å². The first kappa shape index (κ1) is 13.5. The third kappa shape index (κ3) is 4.54. The summed E-state index contributed by atoms with van der Waals surface area (Å²) in [5.41, 5.74) is 0. The molecule has 0 unspecified atom stereocenters. The van der Waals surface area contributed by atoms with Gasteiger partial charge in [0.15, 0.2) is 0 Å². The molecule has 92 valence electrons. The van der Waals surface area contributed by atoms with Crippen LogP contribution in [0.4, 0.5) is 0 Å². The van der Waals surface area contributed by atoms with Gasteiger partial charge in [-0.15, -0.1) is 6.42 Å². The summed E-state index contributed by atoms with van der Waals surface area (Å²) in [5, 5.41) is 0. The molecule has 0 spiro atoms. The Kier molecular flexibility index (Phi) is 4.82. The fourth-order valence-corrected chi connectivity index (χ4v) is 3.22. The molecule has 0 aliphatic heterocycles. The molecule has 0 saturated heterocycles. The van der Waals surface area contributed by atoms with Crippen LogP contribution in [-0.2, 0) is 10.0 Å². The van der Waals surface area contributed by atoms with E-state index in [9.17, 15) is 8.42 Å². The van der Waals surface area contributed by atoms with Crippen LogP contribution < -0.4 is 0 Å². The molecule has 0 aromatic heterocycles. The standard InChI is InChI=1S/C12H21NO2S/c1-4-8-13(10-12-5-6-12)16(14,15)9-7-11(2)3/h1,11-12H,5-10H2,2-3H3. The molecule has 0 atom stereocenters. The minimum atomic E-state index is -3.14. The summed E-state index contributed by atoms with van der Waals surface area (Å²) in [6.07, 6.45) is 8.20. The summed E-state index contributed by atoms with van der Waals surface area (Å²) < 4.78 is 25.5. The summed E-state index contributed by atoms with van der Waals surface area (Å²) in [4.78, 5) is 0. The number of sulfonamides is 1. The van der Waals surface area contributed by atoms with E-state index in [1.165, 1.54) is 4.31 Å². The highest BCUT2D eigenvalue weighted by Gasteiger charge is 2.29. The number of hydrogen-bond donors (Lipinski definition) is 0. The third-order valence-corrected chi connectivity index (χ3v) is 4.59. The lowest BCUT2D eigenvalue weighted by Crippen LogP contribution is -2.35. The highest BCUT2D eigenvalue weighted by atomic mass is 32.2. The van der Waals surface area contributed by atoms with Crippen LogP contribution in [-0.4, -0.2) is 31.6 Å². The Morgan fingerprint density at radius 3 is 2.50 bits per heavy atom. The van der Waals surface area contributed by atoms with Gasteiger partial charge in [0, 0.05) is 6.54 Å². The van der Waals surface area contributed by atoms with Crippen molar-refractivity contribution in [3.8, 4) is 12.3 Å². The molecule has 1 aliphatic carbocycles. The minimum absolute atomic E-state index is 0.219. The SMILES string of the molecule is C#CCN(CC1CC1)S(=O)(=O)CCC(C)C. The van der Waals surface area contributed by atoms with Gasteiger partial charge in [0.1, 0.15) is 0 Å². The average Bonchev–Trinajstić information content (AvgIpc) is 2.98. The molecular weight excluding hydrogens is 222 g/mol. The first-order valence-corrected chi connectivity index (χ1v) is 7.48. The smallest absolute Gasteiger partial charge is 0.212 e. The maximum Gasteiger partial charge on any atom is 0.214 e. The number of rotatable bonds is 7. The van der Waals surface area contributed by atoms with Crippen molar-refractivity contribution >= 4 is 10.0 Å². The molecule has 4 heteroatoms. The van der Waals surface area contributed by atoms with Crippen LogP contribution in [0.25, 0.3) is 0 Å². The lowest BCUT2D eigenvalue weighted by molar-refractivity contribution is 0.426. The van der Waals surface area contributed by atoms with Crippen LogP contribution in [0.2, 0.25) is 0 Å². The molecular formula is C12H21NO2S. The molecule has 1 rings (SSSR count). The van der Waals surface area contributed by atoms with Crippen LogP contribution in [0, 0.1) is 24.2 Å². The second-order valence-electron chi connectivity index (χ2n) is 4.94. The molecule has 0 amide bonds. The average molecular weight is 243 g/mol. The highest BCUT2D eigenvalue weighted by molar-refractivity contribution is 7.89. The van der Waals surface area contributed by atoms with Crippen molar-refractivity contribution in [2.24, 2.45) is 11.8 Å². The first-order chi connectivity index (χ1) is 7.45. The molecule has 0 aromatic rings. The zero-order valence-corrected chi connectivity index (χ0v) is 11.0. The van der Waals surface area contributed by atoms with E-state index >= 15 is 0 Å². The van der Waals surface area contributed by atoms with Gasteiger partial charge in [0.05, 0.1) is 12.3 Å². The third-order valence-electron chi connectivity index (χ3n) is 2.77. The molecule has 0 N–H and O–H groups in total. The monoisotopic (exact) mass is 243 g/mol. The van der Waals surface area contributed by atoms with E-state index in [2.05, 4.69) is 5.92 Å². The topological polar surface area (TPSA) is 37.4 Å². The van der Waals surface area contributed by atoms with E-state index in [-0.39, 0.29) is 12.3 Å². The molecule has 1 aliphatic rings. The van der Waals surface area contributed by atoms with Gasteiger partial charge in [-0.05, 0) is 31.1 Å². The maximum absolute atomic E-state index is 12.0. The van der Waals surface area contributed by atoms with Gasteiger partial charge in [-0.3, -0.25) is 0 Å². The summed E-state index contributed by atoms with van der Waals surface area (Å²) in [6, 6.07) is 0. The Morgan fingerprint density at radius 2 is 2.06 bits per heavy atom. The van der Waals surface area contributed by atoms with Gasteiger partial charge in [0.25, 0.3) is 0 Å². The van der Waals surface area contributed by atoms with Crippen LogP contribution in [0.5, 0.6) is 0 Å². The molecule has 3 nitrogen and oxygen atoms in total. The molecule has 0 aromatic carbocycles. The fraction of sp³-hybridized carbons (Fsp3) is 0.833. The Morgan fingerprint density at radius 1 is 1.44 bits per heavy atom. The highest BCUT2D eigenvalue weighted by Crippen LogP contribution is 2.30. The number of hydrogen-bond acceptors (Lipinski definition) is 2. The largest absolute Gasteiger partial charge is 0.214 e. The molecule has 1 fully saturated rings. The summed E-state index contributed by atoms with van der Waals surface area (Å²) in [5.74, 6) is 3.61. The van der Waals surface area contributed by atoms with Crippen LogP contribution >= 0.6 is 0 Å². The van der Waals surface area contributed by atoms with E-state index in [0.29, 0.717) is 24.8 Å². The van der Waals surface area contributed by atoms with E-state index in [4.69, 9.17) is 6.42 Å². The number of terminal acetylenes is 1. The van der Waals surface area contributed by atoms with Gasteiger partial charge in [-0.2, -0.15) is 4.31 Å². The van der Waals surface area contributed by atoms with Crippen LogP contribution in [0.3, 0.4) is 0 Å². The predicted octanol–water partition coefficient (Wildman–Crippen LogP) is 1.71. The van der Waals surface area contributed by atoms with Crippen LogP contribution in [0.15, 0.2) is 0 Å². The summed E-state index contributed by atoms with van der Waals surface area (Å²) in [7, 11) is -3.14. The molecule has 0 heterocycles. The molecule has 1 saturated carbocycles. The van der Waals surface area contributed by atoms with Crippen molar-refractivity contribution in [1.82, 2.24) is 4.31 Å². The van der Waals surface area contributed by atoms with Gasteiger partial charge >= 0.3 is 0 Å². The van der Waals surface area contributed by atoms with Gasteiger partial charge in [-0.25, -0.2) is 8.42 Å². The van der Waals surface area contributed by atoms with E-state index in [1.807, 2.05) is 13.8 Å². The Balaban J connectivity index is 2.56. The lowest BCUT2D eigenvalue weighted by Gasteiger charge is -2.20. The van der Waals surface area contributed by atoms with Crippen molar-refractivity contribution < 1.29 is 8.42 Å². The molecule has 16 heavy (non-hydrogen) atoms. The van der Waals surface area contributed by atoms with Crippen LogP contribution in [0.1, 0.15) is 33.1 Å². The molecule has 0 radical (unpaired) electrons. The van der Waals surface area contributed by atoms with E-state index in [0.717, 1.165) is 12.8 Å². The summed E-state index contributed by atoms with van der Waals surface area (Å²) >= 11 is 0. The van der Waals surface area contributed by atoms with Crippen molar-refractivity contribution in [3.05, 3.63) is 0 Å². The summed E-state index contributed by atoms with van der Waals surface area (Å²) in [6.45, 7) is 4.89. The predicted molar refractivity (Wildman–Crippen MR) is 66.4 cm³/mol. The fourth-order valence-electron chi connectivity index (χ4n) is 1.48. The Labute approximate surface area is 99.3 Å². The van der Waals surface area contributed by atoms with Gasteiger partial charge in [0.2, 0.25) is 10.0 Å². The lowest BCUT2D eigenvalue weighted by atomic mass is 10.2. The Bertz CT molecular complexity index is 350. The van der Waals surface area contributed by atoms with Crippen molar-refractivity contribution in [2.45, 2.75) is 33.1 Å². The van der Waals surface area contributed by atoms with E-state index in [1.54, 1.807) is 0 Å². The molecule has 0 bridgehead atoms. The zero-order valence-electron chi connectivity index (χ0n) is 10.1. The normalized spacial score (nSPS) is 16.7. The number of nitrogens with zero attached hydrogens (tertiary/aromatic N) is 1. The Hall–Kier alpha value is -0.530. The zero-order chi connectivity index (χ0) is 12.2. The maximum atomic E-state index is 12.0. The minimum Gasteiger partial charge on any atom is -0.212 e. The van der Waals surface area contributed by atoms with Crippen molar-refractivity contribution in [3.63, 3.8) is 0 Å². The second kappa shape index (κ2) is 5.70. The van der Waals surface area contributed by atoms with Gasteiger partial charge in [-0.1, -0.05) is 19.8 Å². The van der Waals surface area contributed by atoms with Gasteiger partial charge < -0.3 is 0 Å². The second-order valence-corrected chi connectivity index (χ2v) is 7.03.